The monoisotopic (exact) mass is 598 g/mol. The molecule has 0 bridgehead atoms. The minimum Gasteiger partial charge on any atom is -0.495 e. The van der Waals surface area contributed by atoms with Gasteiger partial charge in [0, 0.05) is 93.5 Å². The number of amides is 4. The summed E-state index contributed by atoms with van der Waals surface area (Å²) < 4.78 is 7.32. The normalized spacial score (nSPS) is 21.0. The summed E-state index contributed by atoms with van der Waals surface area (Å²) in [7, 11) is 3.52. The fraction of sp³-hybridized carbons (Fsp3) is 0.387. The van der Waals surface area contributed by atoms with E-state index >= 15 is 0 Å². The fourth-order valence-electron chi connectivity index (χ4n) is 6.70. The second-order valence-electron chi connectivity index (χ2n) is 11.8. The van der Waals surface area contributed by atoms with E-state index in [1.54, 1.807) is 23.9 Å². The molecule has 1 atom stereocenters. The molecule has 44 heavy (non-hydrogen) atoms. The second-order valence-corrected chi connectivity index (χ2v) is 11.8. The van der Waals surface area contributed by atoms with Gasteiger partial charge in [-0.25, -0.2) is 0 Å². The molecule has 1 aromatic heterocycles. The first-order valence-electron chi connectivity index (χ1n) is 14.8. The number of fused-ring (bicyclic) bond motifs is 1. The van der Waals surface area contributed by atoms with Crippen molar-refractivity contribution in [3.05, 3.63) is 53.9 Å². The molecule has 13 heteroatoms. The van der Waals surface area contributed by atoms with Gasteiger partial charge in [-0.05, 0) is 30.7 Å². The Balaban J connectivity index is 0.997. The Morgan fingerprint density at radius 2 is 1.68 bits per heavy atom. The van der Waals surface area contributed by atoms with Crippen LogP contribution in [-0.4, -0.2) is 102 Å². The molecule has 0 radical (unpaired) electrons. The number of carbonyl (C=O) groups is 4. The Morgan fingerprint density at radius 3 is 2.36 bits per heavy atom. The number of rotatable bonds is 6. The fourth-order valence-corrected chi connectivity index (χ4v) is 6.70. The molecule has 228 valence electrons. The number of nitrogens with one attached hydrogen (secondary N) is 1. The van der Waals surface area contributed by atoms with Crippen molar-refractivity contribution in [2.45, 2.75) is 24.9 Å². The van der Waals surface area contributed by atoms with E-state index in [2.05, 4.69) is 25.1 Å². The Kier molecular flexibility index (Phi) is 6.76. The predicted molar refractivity (Wildman–Crippen MR) is 163 cm³/mol. The minimum absolute atomic E-state index is 0.0956. The lowest BCUT2D eigenvalue weighted by atomic mass is 10.0. The first-order chi connectivity index (χ1) is 21.2. The zero-order valence-corrected chi connectivity index (χ0v) is 24.7. The lowest BCUT2D eigenvalue weighted by Crippen LogP contribution is -2.63. The molecule has 0 spiro atoms. The lowest BCUT2D eigenvalue weighted by Gasteiger charge is -2.49. The maximum atomic E-state index is 13.2. The topological polar surface area (TPSA) is 146 Å². The number of ether oxygens (including phenoxy) is 1. The van der Waals surface area contributed by atoms with Gasteiger partial charge in [0.15, 0.2) is 0 Å². The third-order valence-corrected chi connectivity index (χ3v) is 9.19. The van der Waals surface area contributed by atoms with E-state index in [4.69, 9.17) is 10.5 Å². The summed E-state index contributed by atoms with van der Waals surface area (Å²) in [5.41, 5.74) is 11.4. The summed E-state index contributed by atoms with van der Waals surface area (Å²) in [5, 5.41) is 6.58. The first-order valence-corrected chi connectivity index (χ1v) is 14.8. The molecular formula is C31H34N8O5. The second kappa shape index (κ2) is 10.7. The molecule has 7 rings (SSSR count). The van der Waals surface area contributed by atoms with E-state index < -0.39 is 23.8 Å². The van der Waals surface area contributed by atoms with Crippen molar-refractivity contribution in [1.82, 2.24) is 24.9 Å². The van der Waals surface area contributed by atoms with Crippen LogP contribution < -0.4 is 25.6 Å². The number of aromatic nitrogens is 2. The van der Waals surface area contributed by atoms with Gasteiger partial charge in [0.25, 0.3) is 11.8 Å². The summed E-state index contributed by atoms with van der Waals surface area (Å²) in [4.78, 5) is 58.3. The molecule has 1 unspecified atom stereocenters. The summed E-state index contributed by atoms with van der Waals surface area (Å²) in [5.74, 6) is -1.32. The van der Waals surface area contributed by atoms with Crippen molar-refractivity contribution in [1.29, 1.82) is 0 Å². The van der Waals surface area contributed by atoms with Crippen molar-refractivity contribution in [2.75, 3.05) is 61.9 Å². The molecule has 4 aliphatic rings. The number of nitrogens with two attached hydrogens (primary N) is 1. The number of hydrogen-bond donors (Lipinski definition) is 2. The Hall–Kier alpha value is -4.91. The van der Waals surface area contributed by atoms with Crippen LogP contribution in [0.4, 0.5) is 17.1 Å². The number of methoxy groups -OCH3 is 1. The minimum atomic E-state index is -0.967. The van der Waals surface area contributed by atoms with Gasteiger partial charge in [-0.3, -0.25) is 39.0 Å². The van der Waals surface area contributed by atoms with Gasteiger partial charge in [-0.1, -0.05) is 0 Å². The highest BCUT2D eigenvalue weighted by Gasteiger charge is 2.45. The van der Waals surface area contributed by atoms with Crippen LogP contribution >= 0.6 is 0 Å². The SMILES string of the molecule is COc1cc(N2CCN(C3CN(c4ccc5c(c4)C(=O)N(C4CCC(=O)NC4=O)C5=O)C3)CC2)c(-c2cnn(C)c2)cc1N. The molecule has 3 saturated heterocycles. The molecule has 3 fully saturated rings. The summed E-state index contributed by atoms with van der Waals surface area (Å²) in [6.07, 6.45) is 4.07. The predicted octanol–water partition coefficient (Wildman–Crippen LogP) is 1.09. The number of anilines is 3. The summed E-state index contributed by atoms with van der Waals surface area (Å²) >= 11 is 0. The van der Waals surface area contributed by atoms with Gasteiger partial charge < -0.3 is 20.3 Å². The largest absolute Gasteiger partial charge is 0.495 e. The van der Waals surface area contributed by atoms with Gasteiger partial charge in [0.2, 0.25) is 11.8 Å². The van der Waals surface area contributed by atoms with Crippen LogP contribution in [0.2, 0.25) is 0 Å². The van der Waals surface area contributed by atoms with Gasteiger partial charge in [0.1, 0.15) is 11.8 Å². The number of piperazine rings is 1. The average molecular weight is 599 g/mol. The van der Waals surface area contributed by atoms with Gasteiger partial charge in [-0.15, -0.1) is 0 Å². The van der Waals surface area contributed by atoms with Crippen molar-refractivity contribution in [3.63, 3.8) is 0 Å². The van der Waals surface area contributed by atoms with Crippen LogP contribution in [0, 0.1) is 0 Å². The van der Waals surface area contributed by atoms with E-state index in [1.807, 2.05) is 37.6 Å². The number of imide groups is 2. The van der Waals surface area contributed by atoms with E-state index in [0.29, 0.717) is 28.6 Å². The number of benzene rings is 2. The molecule has 5 heterocycles. The van der Waals surface area contributed by atoms with Crippen molar-refractivity contribution < 1.29 is 23.9 Å². The van der Waals surface area contributed by atoms with Gasteiger partial charge in [0.05, 0.1) is 30.1 Å². The van der Waals surface area contributed by atoms with Crippen LogP contribution in [0.25, 0.3) is 11.1 Å². The molecule has 0 aliphatic carbocycles. The highest BCUT2D eigenvalue weighted by atomic mass is 16.5. The van der Waals surface area contributed by atoms with Crippen LogP contribution in [0.3, 0.4) is 0 Å². The number of piperidine rings is 1. The molecule has 3 aromatic rings. The summed E-state index contributed by atoms with van der Waals surface area (Å²) in [6, 6.07) is 8.67. The first kappa shape index (κ1) is 27.9. The molecule has 0 saturated carbocycles. The number of nitrogen functional groups attached to an aromatic ring is 1. The molecule has 2 aromatic carbocycles. The number of aryl methyl sites for hydroxylation is 1. The van der Waals surface area contributed by atoms with Crippen molar-refractivity contribution in [3.8, 4) is 16.9 Å². The number of nitrogens with zero attached hydrogens (tertiary/aromatic N) is 6. The highest BCUT2D eigenvalue weighted by molar-refractivity contribution is 6.23. The lowest BCUT2D eigenvalue weighted by molar-refractivity contribution is -0.136. The van der Waals surface area contributed by atoms with E-state index in [1.165, 1.54) is 0 Å². The molecule has 3 N–H and O–H groups in total. The van der Waals surface area contributed by atoms with Crippen molar-refractivity contribution >= 4 is 40.7 Å². The van der Waals surface area contributed by atoms with Gasteiger partial charge in [-0.2, -0.15) is 5.10 Å². The number of carbonyl (C=O) groups excluding carboxylic acids is 4. The van der Waals surface area contributed by atoms with Crippen molar-refractivity contribution in [2.24, 2.45) is 7.05 Å². The quantitative estimate of drug-likeness (QED) is 0.312. The molecular weight excluding hydrogens is 564 g/mol. The van der Waals surface area contributed by atoms with E-state index in [9.17, 15) is 19.2 Å². The zero-order chi connectivity index (χ0) is 30.7. The molecule has 4 aliphatic heterocycles. The van der Waals surface area contributed by atoms with Crippen LogP contribution in [-0.2, 0) is 16.6 Å². The Morgan fingerprint density at radius 1 is 0.932 bits per heavy atom. The third-order valence-electron chi connectivity index (χ3n) is 9.19. The highest BCUT2D eigenvalue weighted by Crippen LogP contribution is 2.39. The van der Waals surface area contributed by atoms with Crippen LogP contribution in [0.5, 0.6) is 5.75 Å². The maximum absolute atomic E-state index is 13.2. The summed E-state index contributed by atoms with van der Waals surface area (Å²) in [6.45, 7) is 5.12. The Bertz CT molecular complexity index is 1690. The van der Waals surface area contributed by atoms with Crippen LogP contribution in [0.1, 0.15) is 33.6 Å². The zero-order valence-electron chi connectivity index (χ0n) is 24.7. The standard InChI is InChI=1S/C31H34N8O5/c1-35-15-18(14-33-35)22-12-24(32)27(44-2)13-26(22)37-9-7-36(8-10-37)20-16-38(17-20)19-3-4-21-23(11-19)31(43)39(30(21)42)25-5-6-28(40)34-29(25)41/h3-4,11-15,20,25H,5-10,16-17,32H2,1-2H3,(H,34,40,41). The molecule has 4 amide bonds. The number of hydrogen-bond acceptors (Lipinski definition) is 10. The smallest absolute Gasteiger partial charge is 0.262 e. The van der Waals surface area contributed by atoms with Gasteiger partial charge >= 0.3 is 0 Å². The Labute approximate surface area is 254 Å². The van der Waals surface area contributed by atoms with E-state index in [0.717, 1.165) is 66.7 Å². The third kappa shape index (κ3) is 4.64. The van der Waals surface area contributed by atoms with Crippen LogP contribution in [0.15, 0.2) is 42.7 Å². The maximum Gasteiger partial charge on any atom is 0.262 e. The average Bonchev–Trinajstić information content (AvgIpc) is 3.53. The molecule has 13 nitrogen and oxygen atoms in total. The van der Waals surface area contributed by atoms with E-state index in [-0.39, 0.29) is 18.7 Å².